The standard InChI is InChI=1S/C10H10N2O2S/c11-5-2-6-15-8-9-3-1-4-10(7-9)12(13)14/h1,3-4,7H,2,6,8H2. The molecule has 1 aromatic carbocycles. The van der Waals surface area contributed by atoms with E-state index in [2.05, 4.69) is 6.07 Å². The third-order valence-corrected chi connectivity index (χ3v) is 2.78. The Morgan fingerprint density at radius 1 is 1.53 bits per heavy atom. The molecule has 1 aromatic rings. The van der Waals surface area contributed by atoms with Crippen LogP contribution in [0, 0.1) is 21.4 Å². The van der Waals surface area contributed by atoms with E-state index in [4.69, 9.17) is 5.26 Å². The maximum atomic E-state index is 10.5. The van der Waals surface area contributed by atoms with Crippen LogP contribution in [0.5, 0.6) is 0 Å². The molecular formula is C10H10N2O2S. The van der Waals surface area contributed by atoms with Crippen LogP contribution >= 0.6 is 11.8 Å². The number of benzene rings is 1. The molecule has 78 valence electrons. The number of thioether (sulfide) groups is 1. The first kappa shape index (κ1) is 11.5. The first-order chi connectivity index (χ1) is 7.24. The molecule has 4 nitrogen and oxygen atoms in total. The fraction of sp³-hybridized carbons (Fsp3) is 0.300. The quantitative estimate of drug-likeness (QED) is 0.436. The maximum absolute atomic E-state index is 10.5. The number of hydrogen-bond acceptors (Lipinski definition) is 4. The summed E-state index contributed by atoms with van der Waals surface area (Å²) in [7, 11) is 0. The van der Waals surface area contributed by atoms with E-state index in [-0.39, 0.29) is 5.69 Å². The minimum atomic E-state index is -0.399. The van der Waals surface area contributed by atoms with Gasteiger partial charge in [-0.15, -0.1) is 0 Å². The van der Waals surface area contributed by atoms with E-state index < -0.39 is 4.92 Å². The van der Waals surface area contributed by atoms with Crippen molar-refractivity contribution in [2.24, 2.45) is 0 Å². The van der Waals surface area contributed by atoms with Crippen LogP contribution in [-0.4, -0.2) is 10.7 Å². The van der Waals surface area contributed by atoms with Gasteiger partial charge in [0.15, 0.2) is 0 Å². The molecule has 0 saturated carbocycles. The molecule has 15 heavy (non-hydrogen) atoms. The molecule has 0 aliphatic carbocycles. The first-order valence-corrected chi connectivity index (χ1v) is 5.57. The molecule has 0 saturated heterocycles. The molecule has 0 heterocycles. The smallest absolute Gasteiger partial charge is 0.258 e. The van der Waals surface area contributed by atoms with Crippen molar-refractivity contribution in [3.63, 3.8) is 0 Å². The minimum Gasteiger partial charge on any atom is -0.258 e. The molecule has 1 rings (SSSR count). The zero-order valence-electron chi connectivity index (χ0n) is 8.05. The summed E-state index contributed by atoms with van der Waals surface area (Å²) in [5.74, 6) is 1.47. The highest BCUT2D eigenvalue weighted by atomic mass is 32.2. The summed E-state index contributed by atoms with van der Waals surface area (Å²) >= 11 is 1.61. The molecule has 0 amide bonds. The molecule has 0 spiro atoms. The molecular weight excluding hydrogens is 212 g/mol. The molecule has 0 radical (unpaired) electrons. The van der Waals surface area contributed by atoms with Crippen LogP contribution in [0.15, 0.2) is 24.3 Å². The van der Waals surface area contributed by atoms with E-state index in [1.54, 1.807) is 23.9 Å². The van der Waals surface area contributed by atoms with Crippen LogP contribution in [0.4, 0.5) is 5.69 Å². The van der Waals surface area contributed by atoms with Gasteiger partial charge in [0.2, 0.25) is 0 Å². The second-order valence-corrected chi connectivity index (χ2v) is 3.99. The molecule has 0 bridgehead atoms. The summed E-state index contributed by atoms with van der Waals surface area (Å²) in [6, 6.07) is 8.63. The van der Waals surface area contributed by atoms with Crippen LogP contribution in [0.3, 0.4) is 0 Å². The Balaban J connectivity index is 2.51. The Hall–Kier alpha value is -1.54. The second-order valence-electron chi connectivity index (χ2n) is 2.89. The highest BCUT2D eigenvalue weighted by Gasteiger charge is 2.04. The van der Waals surface area contributed by atoms with Crippen molar-refractivity contribution in [2.45, 2.75) is 12.2 Å². The van der Waals surface area contributed by atoms with E-state index in [1.165, 1.54) is 6.07 Å². The van der Waals surface area contributed by atoms with Gasteiger partial charge in [-0.1, -0.05) is 12.1 Å². The van der Waals surface area contributed by atoms with Crippen LogP contribution in [0.25, 0.3) is 0 Å². The summed E-state index contributed by atoms with van der Waals surface area (Å²) in [5.41, 5.74) is 1.04. The summed E-state index contributed by atoms with van der Waals surface area (Å²) in [6.45, 7) is 0. The normalized spacial score (nSPS) is 9.53. The summed E-state index contributed by atoms with van der Waals surface area (Å²) < 4.78 is 0. The van der Waals surface area contributed by atoms with Gasteiger partial charge < -0.3 is 0 Å². The van der Waals surface area contributed by atoms with Crippen molar-refractivity contribution < 1.29 is 4.92 Å². The molecule has 0 fully saturated rings. The Bertz CT molecular complexity index is 387. The predicted octanol–water partition coefficient (Wildman–Crippen LogP) is 2.74. The Kier molecular flexibility index (Phi) is 4.64. The van der Waals surface area contributed by atoms with Crippen molar-refractivity contribution in [3.8, 4) is 6.07 Å². The van der Waals surface area contributed by atoms with Gasteiger partial charge in [-0.2, -0.15) is 17.0 Å². The van der Waals surface area contributed by atoms with Crippen molar-refractivity contribution >= 4 is 17.4 Å². The lowest BCUT2D eigenvalue weighted by molar-refractivity contribution is -0.384. The lowest BCUT2D eigenvalue weighted by Gasteiger charge is -1.99. The summed E-state index contributed by atoms with van der Waals surface area (Å²) in [4.78, 5) is 10.1. The van der Waals surface area contributed by atoms with E-state index in [1.807, 2.05) is 6.07 Å². The molecule has 0 aliphatic rings. The molecule has 5 heteroatoms. The van der Waals surface area contributed by atoms with Crippen molar-refractivity contribution in [1.82, 2.24) is 0 Å². The van der Waals surface area contributed by atoms with E-state index in [9.17, 15) is 10.1 Å². The van der Waals surface area contributed by atoms with Crippen LogP contribution in [0.2, 0.25) is 0 Å². The second kappa shape index (κ2) is 6.04. The molecule has 0 atom stereocenters. The van der Waals surface area contributed by atoms with Gasteiger partial charge in [0.1, 0.15) is 0 Å². The van der Waals surface area contributed by atoms with Crippen LogP contribution in [0.1, 0.15) is 12.0 Å². The number of nitro benzene ring substituents is 1. The van der Waals surface area contributed by atoms with Gasteiger partial charge in [-0.05, 0) is 5.56 Å². The first-order valence-electron chi connectivity index (χ1n) is 4.42. The van der Waals surface area contributed by atoms with E-state index >= 15 is 0 Å². The number of nitrogens with zero attached hydrogens (tertiary/aromatic N) is 2. The fourth-order valence-corrected chi connectivity index (χ4v) is 1.86. The lowest BCUT2D eigenvalue weighted by Crippen LogP contribution is -1.89. The Morgan fingerprint density at radius 2 is 2.33 bits per heavy atom. The zero-order chi connectivity index (χ0) is 11.1. The highest BCUT2D eigenvalue weighted by molar-refractivity contribution is 7.98. The van der Waals surface area contributed by atoms with Crippen LogP contribution < -0.4 is 0 Å². The number of nitriles is 1. The summed E-state index contributed by atoms with van der Waals surface area (Å²) in [6.07, 6.45) is 0.513. The molecule has 0 aliphatic heterocycles. The monoisotopic (exact) mass is 222 g/mol. The average molecular weight is 222 g/mol. The Labute approximate surface area is 92.1 Å². The SMILES string of the molecule is N#CCCSCc1cccc([N+](=O)[O-])c1. The Morgan fingerprint density at radius 3 is 3.00 bits per heavy atom. The number of non-ortho nitro benzene ring substituents is 1. The fourth-order valence-electron chi connectivity index (χ4n) is 1.07. The van der Waals surface area contributed by atoms with E-state index in [0.29, 0.717) is 12.2 Å². The van der Waals surface area contributed by atoms with Gasteiger partial charge in [-0.25, -0.2) is 0 Å². The predicted molar refractivity (Wildman–Crippen MR) is 59.5 cm³/mol. The van der Waals surface area contributed by atoms with Crippen molar-refractivity contribution in [2.75, 3.05) is 5.75 Å². The number of hydrogen-bond donors (Lipinski definition) is 0. The van der Waals surface area contributed by atoms with Crippen LogP contribution in [-0.2, 0) is 5.75 Å². The van der Waals surface area contributed by atoms with Crippen molar-refractivity contribution in [3.05, 3.63) is 39.9 Å². The van der Waals surface area contributed by atoms with Gasteiger partial charge in [-0.3, -0.25) is 10.1 Å². The van der Waals surface area contributed by atoms with Gasteiger partial charge in [0.05, 0.1) is 11.0 Å². The largest absolute Gasteiger partial charge is 0.269 e. The summed E-state index contributed by atoms with van der Waals surface area (Å²) in [5, 5.41) is 18.8. The zero-order valence-corrected chi connectivity index (χ0v) is 8.87. The lowest BCUT2D eigenvalue weighted by atomic mass is 10.2. The average Bonchev–Trinajstić information content (AvgIpc) is 2.25. The third-order valence-electron chi connectivity index (χ3n) is 1.75. The maximum Gasteiger partial charge on any atom is 0.269 e. The molecule has 0 N–H and O–H groups in total. The number of rotatable bonds is 5. The highest BCUT2D eigenvalue weighted by Crippen LogP contribution is 2.18. The van der Waals surface area contributed by atoms with Gasteiger partial charge in [0, 0.05) is 30.1 Å². The minimum absolute atomic E-state index is 0.119. The van der Waals surface area contributed by atoms with Crippen molar-refractivity contribution in [1.29, 1.82) is 5.26 Å². The van der Waals surface area contributed by atoms with Gasteiger partial charge >= 0.3 is 0 Å². The van der Waals surface area contributed by atoms with Gasteiger partial charge in [0.25, 0.3) is 5.69 Å². The molecule has 0 unspecified atom stereocenters. The van der Waals surface area contributed by atoms with E-state index in [0.717, 1.165) is 11.3 Å². The number of nitro groups is 1. The molecule has 0 aromatic heterocycles. The topological polar surface area (TPSA) is 66.9 Å². The third kappa shape index (κ3) is 4.00.